The summed E-state index contributed by atoms with van der Waals surface area (Å²) >= 11 is 0. The molecule has 1 unspecified atom stereocenters. The van der Waals surface area contributed by atoms with Crippen LogP contribution in [-0.2, 0) is 40.0 Å². The number of ketones is 1. The third kappa shape index (κ3) is 11.6. The normalized spacial score (nSPS) is 17.4. The van der Waals surface area contributed by atoms with E-state index in [-0.39, 0.29) is 31.5 Å². The zero-order valence-electron chi connectivity index (χ0n) is 32.3. The number of carboxylic acids is 1. The highest BCUT2D eigenvalue weighted by Gasteiger charge is 2.49. The van der Waals surface area contributed by atoms with Gasteiger partial charge < -0.3 is 36.2 Å². The molecule has 1 aliphatic heterocycles. The molecule has 298 valence electrons. The number of likely N-dealkylation sites (tertiary alicyclic amines) is 1. The fourth-order valence-corrected chi connectivity index (χ4v) is 6.31. The number of carboxylic acid groups (broad SMARTS) is 1. The average Bonchev–Trinajstić information content (AvgIpc) is 3.60. The van der Waals surface area contributed by atoms with Crippen LogP contribution in [0.5, 0.6) is 0 Å². The number of aliphatic carboxylic acids is 1. The fraction of sp³-hybridized carbons (Fsp3) is 0.526. The fourth-order valence-electron chi connectivity index (χ4n) is 6.31. The monoisotopic (exact) mass is 764 g/mol. The molecular formula is C38H52N8O9. The highest BCUT2D eigenvalue weighted by Crippen LogP contribution is 2.28. The molecule has 2 aromatic rings. The highest BCUT2D eigenvalue weighted by atomic mass is 16.4. The average molecular weight is 765 g/mol. The van der Waals surface area contributed by atoms with Gasteiger partial charge in [0.05, 0.1) is 18.2 Å². The molecule has 0 bridgehead atoms. The van der Waals surface area contributed by atoms with Crippen LogP contribution in [0.1, 0.15) is 69.9 Å². The third-order valence-corrected chi connectivity index (χ3v) is 9.29. The Bertz CT molecular complexity index is 1700. The molecular weight excluding hydrogens is 712 g/mol. The van der Waals surface area contributed by atoms with E-state index in [1.54, 1.807) is 65.0 Å². The summed E-state index contributed by atoms with van der Waals surface area (Å²) in [6.45, 7) is 8.49. The molecule has 2 heterocycles. The molecule has 0 aliphatic carbocycles. The summed E-state index contributed by atoms with van der Waals surface area (Å²) in [6.07, 6.45) is 4.33. The van der Waals surface area contributed by atoms with Crippen molar-refractivity contribution >= 4 is 47.2 Å². The van der Waals surface area contributed by atoms with E-state index < -0.39 is 95.2 Å². The van der Waals surface area contributed by atoms with Crippen LogP contribution in [0.25, 0.3) is 0 Å². The van der Waals surface area contributed by atoms with Gasteiger partial charge in [0, 0.05) is 39.5 Å². The smallest absolute Gasteiger partial charge is 0.326 e. The predicted octanol–water partition coefficient (Wildman–Crippen LogP) is 0.343. The van der Waals surface area contributed by atoms with Gasteiger partial charge in [-0.3, -0.25) is 38.5 Å². The van der Waals surface area contributed by atoms with E-state index in [2.05, 4.69) is 31.2 Å². The summed E-state index contributed by atoms with van der Waals surface area (Å²) in [5.74, 6) is -8.88. The van der Waals surface area contributed by atoms with E-state index in [9.17, 15) is 43.5 Å². The van der Waals surface area contributed by atoms with Crippen molar-refractivity contribution in [3.05, 3.63) is 60.2 Å². The third-order valence-electron chi connectivity index (χ3n) is 9.29. The van der Waals surface area contributed by atoms with Gasteiger partial charge in [0.25, 0.3) is 11.8 Å². The summed E-state index contributed by atoms with van der Waals surface area (Å²) in [5, 5.41) is 20.0. The van der Waals surface area contributed by atoms with Crippen molar-refractivity contribution in [3.63, 3.8) is 0 Å². The molecule has 0 saturated carbocycles. The summed E-state index contributed by atoms with van der Waals surface area (Å²) in [7, 11) is 3.00. The van der Waals surface area contributed by atoms with Crippen LogP contribution in [0.15, 0.2) is 48.9 Å². The van der Waals surface area contributed by atoms with E-state index in [1.165, 1.54) is 42.5 Å². The predicted molar refractivity (Wildman–Crippen MR) is 199 cm³/mol. The van der Waals surface area contributed by atoms with Gasteiger partial charge in [-0.05, 0) is 30.2 Å². The molecule has 1 aromatic carbocycles. The lowest BCUT2D eigenvalue weighted by Gasteiger charge is -2.34. The second-order valence-electron chi connectivity index (χ2n) is 14.4. The summed E-state index contributed by atoms with van der Waals surface area (Å²) in [6, 6.07) is 2.01. The second-order valence-corrected chi connectivity index (χ2v) is 14.4. The summed E-state index contributed by atoms with van der Waals surface area (Å²) in [5.41, 5.74) is 0.609. The van der Waals surface area contributed by atoms with Crippen LogP contribution < -0.4 is 21.3 Å². The lowest BCUT2D eigenvalue weighted by Crippen LogP contribution is -2.61. The molecule has 1 saturated heterocycles. The van der Waals surface area contributed by atoms with Gasteiger partial charge in [0.1, 0.15) is 29.9 Å². The minimum atomic E-state index is -1.43. The van der Waals surface area contributed by atoms with Crippen LogP contribution in [0, 0.1) is 17.8 Å². The van der Waals surface area contributed by atoms with E-state index in [0.29, 0.717) is 12.0 Å². The maximum Gasteiger partial charge on any atom is 0.326 e. The quantitative estimate of drug-likeness (QED) is 0.130. The van der Waals surface area contributed by atoms with Gasteiger partial charge in [-0.2, -0.15) is 0 Å². The number of hydrogen-bond acceptors (Lipinski definition) is 10. The Hall–Kier alpha value is -5.74. The van der Waals surface area contributed by atoms with E-state index in [0.717, 1.165) is 0 Å². The van der Waals surface area contributed by atoms with Crippen LogP contribution in [0.3, 0.4) is 0 Å². The molecule has 6 amide bonds. The Kier molecular flexibility index (Phi) is 15.9. The molecule has 17 nitrogen and oxygen atoms in total. The highest BCUT2D eigenvalue weighted by molar-refractivity contribution is 6.38. The Labute approximate surface area is 320 Å². The van der Waals surface area contributed by atoms with Crippen LogP contribution in [-0.4, -0.2) is 123 Å². The number of nitrogens with zero attached hydrogens (tertiary/aromatic N) is 4. The van der Waals surface area contributed by atoms with Gasteiger partial charge in [-0.15, -0.1) is 0 Å². The van der Waals surface area contributed by atoms with Crippen molar-refractivity contribution in [2.75, 3.05) is 20.6 Å². The standard InChI is InChI=1S/C38H52N8O9/c1-8-12-25(31(47)35(51)42-26(38(54)55)19-23-13-10-9-11-14-23)41-34(50)30-24(36(52)45(6)7)15-18-46(30)37(53)29(22(4)5)44-33(49)28(21(2)3)43-32(48)27-20-39-16-17-40-27/h9-11,13-14,16-17,20-22,24-26,28-30H,8,12,15,18-19H2,1-7H3,(H,41,50)(H,42,51)(H,43,48)(H,44,49)(H,54,55)/t24-,25?,26-,28-,29-,30-/m0/s1. The number of nitrogens with one attached hydrogen (secondary N) is 4. The Balaban J connectivity index is 1.86. The Morgan fingerprint density at radius 3 is 2.07 bits per heavy atom. The van der Waals surface area contributed by atoms with Crippen molar-refractivity contribution in [1.82, 2.24) is 41.0 Å². The molecule has 55 heavy (non-hydrogen) atoms. The second kappa shape index (κ2) is 20.1. The molecule has 5 N–H and O–H groups in total. The number of carbonyl (C=O) groups excluding carboxylic acids is 7. The van der Waals surface area contributed by atoms with Gasteiger partial charge in [0.2, 0.25) is 29.4 Å². The zero-order chi connectivity index (χ0) is 41.0. The zero-order valence-corrected chi connectivity index (χ0v) is 32.3. The summed E-state index contributed by atoms with van der Waals surface area (Å²) in [4.78, 5) is 117. The molecule has 17 heteroatoms. The molecule has 1 fully saturated rings. The summed E-state index contributed by atoms with van der Waals surface area (Å²) < 4.78 is 0. The van der Waals surface area contributed by atoms with Gasteiger partial charge in [-0.1, -0.05) is 71.4 Å². The number of Topliss-reactive ketones (excluding diaryl/α,β-unsaturated/α-hetero) is 1. The number of hydrogen-bond donors (Lipinski definition) is 5. The van der Waals surface area contributed by atoms with Crippen molar-refractivity contribution in [3.8, 4) is 0 Å². The Morgan fingerprint density at radius 2 is 1.53 bits per heavy atom. The number of aromatic nitrogens is 2. The molecule has 3 rings (SSSR count). The number of carbonyl (C=O) groups is 8. The van der Waals surface area contributed by atoms with Gasteiger partial charge >= 0.3 is 5.97 Å². The first kappa shape index (κ1) is 43.7. The lowest BCUT2D eigenvalue weighted by atomic mass is 9.95. The van der Waals surface area contributed by atoms with E-state index in [4.69, 9.17) is 0 Å². The first-order valence-corrected chi connectivity index (χ1v) is 18.3. The molecule has 1 aromatic heterocycles. The molecule has 0 spiro atoms. The maximum absolute atomic E-state index is 14.3. The minimum Gasteiger partial charge on any atom is -0.480 e. The van der Waals surface area contributed by atoms with Crippen molar-refractivity contribution in [1.29, 1.82) is 0 Å². The van der Waals surface area contributed by atoms with Gasteiger partial charge in [0.15, 0.2) is 0 Å². The first-order valence-electron chi connectivity index (χ1n) is 18.3. The van der Waals surface area contributed by atoms with Crippen LogP contribution in [0.2, 0.25) is 0 Å². The van der Waals surface area contributed by atoms with Gasteiger partial charge in [-0.25, -0.2) is 9.78 Å². The van der Waals surface area contributed by atoms with Crippen molar-refractivity contribution in [2.24, 2.45) is 17.8 Å². The maximum atomic E-state index is 14.3. The number of amides is 6. The number of rotatable bonds is 18. The molecule has 6 atom stereocenters. The SMILES string of the molecule is CCCC(NC(=O)[C@@H]1[C@@H](C(=O)N(C)C)CCN1C(=O)[C@@H](NC(=O)[C@@H](NC(=O)c1cnccn1)C(C)C)C(C)C)C(=O)C(=O)N[C@@H](Cc1ccccc1)C(=O)O. The number of benzene rings is 1. The lowest BCUT2D eigenvalue weighted by molar-refractivity contribution is -0.147. The minimum absolute atomic E-state index is 0.00290. The van der Waals surface area contributed by atoms with Crippen molar-refractivity contribution < 1.29 is 43.5 Å². The van der Waals surface area contributed by atoms with E-state index >= 15 is 0 Å². The molecule has 0 radical (unpaired) electrons. The Morgan fingerprint density at radius 1 is 0.873 bits per heavy atom. The van der Waals surface area contributed by atoms with Crippen LogP contribution in [0.4, 0.5) is 0 Å². The first-order chi connectivity index (χ1) is 26.0. The van der Waals surface area contributed by atoms with E-state index in [1.807, 2.05) is 0 Å². The molecule has 1 aliphatic rings. The largest absolute Gasteiger partial charge is 0.480 e. The van der Waals surface area contributed by atoms with Crippen molar-refractivity contribution in [2.45, 2.75) is 90.5 Å². The topological polar surface area (TPSA) is 237 Å². The van der Waals surface area contributed by atoms with Crippen LogP contribution >= 0.6 is 0 Å².